The first kappa shape index (κ1) is 10.9. The SMILES string of the molecule is C[C@@H]1C[C@@H](C(C)(C)C)OS(=O)(=O)O1. The molecule has 0 aromatic carbocycles. The highest BCUT2D eigenvalue weighted by Crippen LogP contribution is 2.32. The van der Waals surface area contributed by atoms with Crippen LogP contribution in [0.5, 0.6) is 0 Å². The first-order valence-electron chi connectivity index (χ1n) is 4.32. The van der Waals surface area contributed by atoms with Crippen molar-refractivity contribution in [2.24, 2.45) is 5.41 Å². The molecule has 1 rings (SSSR count). The van der Waals surface area contributed by atoms with Gasteiger partial charge in [-0.1, -0.05) is 20.8 Å². The van der Waals surface area contributed by atoms with E-state index in [0.29, 0.717) is 6.42 Å². The van der Waals surface area contributed by atoms with Crippen LogP contribution in [0, 0.1) is 5.41 Å². The second kappa shape index (κ2) is 3.22. The van der Waals surface area contributed by atoms with Crippen LogP contribution < -0.4 is 0 Å². The van der Waals surface area contributed by atoms with Crippen LogP contribution in [0.25, 0.3) is 0 Å². The standard InChI is InChI=1S/C8H16O4S/c1-6-5-7(8(2,3)4)12-13(9,10)11-6/h6-7H,5H2,1-4H3/t6-,7+/m1/s1. The molecule has 1 aliphatic heterocycles. The minimum absolute atomic E-state index is 0.175. The second-order valence-corrected chi connectivity index (χ2v) is 5.70. The summed E-state index contributed by atoms with van der Waals surface area (Å²) < 4.78 is 31.7. The molecular weight excluding hydrogens is 192 g/mol. The van der Waals surface area contributed by atoms with Crippen LogP contribution in [0.3, 0.4) is 0 Å². The van der Waals surface area contributed by atoms with Gasteiger partial charge in [-0.2, -0.15) is 8.42 Å². The number of hydrogen-bond acceptors (Lipinski definition) is 4. The average molecular weight is 208 g/mol. The van der Waals surface area contributed by atoms with Gasteiger partial charge in [0, 0.05) is 6.42 Å². The minimum Gasteiger partial charge on any atom is -0.245 e. The summed E-state index contributed by atoms with van der Waals surface area (Å²) in [4.78, 5) is 0. The monoisotopic (exact) mass is 208 g/mol. The Kier molecular flexibility index (Phi) is 2.71. The van der Waals surface area contributed by atoms with Crippen LogP contribution in [-0.2, 0) is 18.8 Å². The van der Waals surface area contributed by atoms with Crippen molar-refractivity contribution in [2.45, 2.75) is 46.3 Å². The van der Waals surface area contributed by atoms with Crippen LogP contribution >= 0.6 is 0 Å². The number of hydrogen-bond donors (Lipinski definition) is 0. The molecule has 1 heterocycles. The molecule has 0 aliphatic carbocycles. The van der Waals surface area contributed by atoms with Gasteiger partial charge < -0.3 is 0 Å². The fraction of sp³-hybridized carbons (Fsp3) is 1.00. The summed E-state index contributed by atoms with van der Waals surface area (Å²) in [6.45, 7) is 7.58. The van der Waals surface area contributed by atoms with Crippen molar-refractivity contribution in [3.8, 4) is 0 Å². The van der Waals surface area contributed by atoms with Gasteiger partial charge in [0.25, 0.3) is 0 Å². The lowest BCUT2D eigenvalue weighted by Crippen LogP contribution is -2.40. The zero-order chi connectivity index (χ0) is 10.3. The van der Waals surface area contributed by atoms with Crippen molar-refractivity contribution in [1.29, 1.82) is 0 Å². The minimum atomic E-state index is -3.76. The predicted octanol–water partition coefficient (Wildman–Crippen LogP) is 1.47. The molecule has 0 unspecified atom stereocenters. The highest BCUT2D eigenvalue weighted by atomic mass is 32.3. The van der Waals surface area contributed by atoms with Crippen LogP contribution in [0.4, 0.5) is 0 Å². The maximum Gasteiger partial charge on any atom is 0.400 e. The molecule has 0 bridgehead atoms. The molecule has 78 valence electrons. The van der Waals surface area contributed by atoms with E-state index in [9.17, 15) is 8.42 Å². The molecule has 13 heavy (non-hydrogen) atoms. The molecule has 4 nitrogen and oxygen atoms in total. The van der Waals surface area contributed by atoms with Gasteiger partial charge in [-0.25, -0.2) is 8.37 Å². The average Bonchev–Trinajstić information content (AvgIpc) is 1.79. The highest BCUT2D eigenvalue weighted by molar-refractivity contribution is 7.81. The zero-order valence-corrected chi connectivity index (χ0v) is 9.22. The molecule has 0 aromatic rings. The molecule has 0 spiro atoms. The zero-order valence-electron chi connectivity index (χ0n) is 8.40. The molecule has 1 fully saturated rings. The molecule has 5 heteroatoms. The third kappa shape index (κ3) is 2.93. The smallest absolute Gasteiger partial charge is 0.245 e. The summed E-state index contributed by atoms with van der Waals surface area (Å²) in [6, 6.07) is 0. The second-order valence-electron chi connectivity index (χ2n) is 4.50. The Balaban J connectivity index is 2.81. The van der Waals surface area contributed by atoms with E-state index in [0.717, 1.165) is 0 Å². The van der Waals surface area contributed by atoms with Gasteiger partial charge in [0.2, 0.25) is 0 Å². The first-order chi connectivity index (χ1) is 5.71. The largest absolute Gasteiger partial charge is 0.400 e. The lowest BCUT2D eigenvalue weighted by Gasteiger charge is -2.34. The Morgan fingerprint density at radius 3 is 2.15 bits per heavy atom. The van der Waals surface area contributed by atoms with Gasteiger partial charge in [-0.3, -0.25) is 0 Å². The summed E-state index contributed by atoms with van der Waals surface area (Å²) in [5.74, 6) is 0. The Labute approximate surface area is 79.6 Å². The van der Waals surface area contributed by atoms with Crippen molar-refractivity contribution in [3.05, 3.63) is 0 Å². The summed E-state index contributed by atoms with van der Waals surface area (Å²) in [7, 11) is -3.76. The van der Waals surface area contributed by atoms with E-state index in [-0.39, 0.29) is 17.6 Å². The highest BCUT2D eigenvalue weighted by Gasteiger charge is 2.37. The third-order valence-corrected chi connectivity index (χ3v) is 3.06. The maximum absolute atomic E-state index is 11.1. The Morgan fingerprint density at radius 1 is 1.23 bits per heavy atom. The molecule has 0 amide bonds. The predicted molar refractivity (Wildman–Crippen MR) is 48.4 cm³/mol. The third-order valence-electron chi connectivity index (χ3n) is 2.03. The van der Waals surface area contributed by atoms with Gasteiger partial charge >= 0.3 is 10.4 Å². The van der Waals surface area contributed by atoms with Gasteiger partial charge in [0.05, 0.1) is 12.2 Å². The first-order valence-corrected chi connectivity index (χ1v) is 5.65. The quantitative estimate of drug-likeness (QED) is 0.605. The fourth-order valence-electron chi connectivity index (χ4n) is 1.24. The van der Waals surface area contributed by atoms with Crippen molar-refractivity contribution >= 4 is 10.4 Å². The van der Waals surface area contributed by atoms with E-state index in [2.05, 4.69) is 4.18 Å². The van der Waals surface area contributed by atoms with Crippen molar-refractivity contribution in [3.63, 3.8) is 0 Å². The summed E-state index contributed by atoms with van der Waals surface area (Å²) in [5.41, 5.74) is -0.175. The van der Waals surface area contributed by atoms with Crippen LogP contribution in [0.15, 0.2) is 0 Å². The van der Waals surface area contributed by atoms with E-state index in [1.54, 1.807) is 6.92 Å². The molecule has 1 aliphatic rings. The molecular formula is C8H16O4S. The normalized spacial score (nSPS) is 34.5. The van der Waals surface area contributed by atoms with E-state index in [1.165, 1.54) is 0 Å². The number of rotatable bonds is 0. The lowest BCUT2D eigenvalue weighted by atomic mass is 9.86. The van der Waals surface area contributed by atoms with Gasteiger partial charge in [0.1, 0.15) is 0 Å². The maximum atomic E-state index is 11.1. The Hall–Kier alpha value is -0.130. The fourth-order valence-corrected chi connectivity index (χ4v) is 2.42. The van der Waals surface area contributed by atoms with Gasteiger partial charge in [0.15, 0.2) is 0 Å². The van der Waals surface area contributed by atoms with E-state index >= 15 is 0 Å². The molecule has 0 N–H and O–H groups in total. The molecule has 0 saturated carbocycles. The van der Waals surface area contributed by atoms with Crippen molar-refractivity contribution < 1.29 is 16.8 Å². The Bertz CT molecular complexity index is 275. The molecule has 0 aromatic heterocycles. The van der Waals surface area contributed by atoms with E-state index < -0.39 is 10.4 Å². The van der Waals surface area contributed by atoms with Crippen molar-refractivity contribution in [2.75, 3.05) is 0 Å². The molecule has 0 radical (unpaired) electrons. The summed E-state index contributed by atoms with van der Waals surface area (Å²) in [6.07, 6.45) is 0.0344. The molecule has 2 atom stereocenters. The van der Waals surface area contributed by atoms with Crippen LogP contribution in [0.2, 0.25) is 0 Å². The van der Waals surface area contributed by atoms with E-state index in [1.807, 2.05) is 20.8 Å². The van der Waals surface area contributed by atoms with Crippen LogP contribution in [-0.4, -0.2) is 20.6 Å². The van der Waals surface area contributed by atoms with Gasteiger partial charge in [-0.15, -0.1) is 0 Å². The topological polar surface area (TPSA) is 52.6 Å². The van der Waals surface area contributed by atoms with E-state index in [4.69, 9.17) is 4.18 Å². The summed E-state index contributed by atoms with van der Waals surface area (Å²) in [5, 5.41) is 0. The summed E-state index contributed by atoms with van der Waals surface area (Å²) >= 11 is 0. The van der Waals surface area contributed by atoms with Gasteiger partial charge in [-0.05, 0) is 12.3 Å². The Morgan fingerprint density at radius 2 is 1.77 bits per heavy atom. The molecule has 1 saturated heterocycles. The van der Waals surface area contributed by atoms with Crippen LogP contribution in [0.1, 0.15) is 34.1 Å². The lowest BCUT2D eigenvalue weighted by molar-refractivity contribution is -0.00608. The van der Waals surface area contributed by atoms with Crippen molar-refractivity contribution in [1.82, 2.24) is 0 Å².